The lowest BCUT2D eigenvalue weighted by Crippen LogP contribution is -2.49. The first-order valence-corrected chi connectivity index (χ1v) is 7.99. The van der Waals surface area contributed by atoms with Crippen LogP contribution in [-0.4, -0.2) is 22.9 Å². The van der Waals surface area contributed by atoms with E-state index in [0.717, 1.165) is 25.8 Å². The second kappa shape index (κ2) is 8.55. The first kappa shape index (κ1) is 19.3. The van der Waals surface area contributed by atoms with Crippen LogP contribution in [0.15, 0.2) is 10.2 Å². The van der Waals surface area contributed by atoms with Crippen molar-refractivity contribution in [3.05, 3.63) is 0 Å². The highest BCUT2D eigenvalue weighted by atomic mass is 32.1. The molecule has 1 atom stereocenters. The maximum absolute atomic E-state index is 5.35. The number of unbranched alkanes of at least 4 members (excludes halogenated alkanes) is 1. The van der Waals surface area contributed by atoms with Gasteiger partial charge in [-0.1, -0.05) is 27.2 Å². The molecule has 0 aromatic rings. The molecule has 0 aliphatic carbocycles. The van der Waals surface area contributed by atoms with E-state index in [-0.39, 0.29) is 5.54 Å². The number of hydrogen-bond donors (Lipinski definition) is 2. The molecule has 4 nitrogen and oxygen atoms in total. The lowest BCUT2D eigenvalue weighted by Gasteiger charge is -2.29. The fraction of sp³-hybridized carbons (Fsp3) is 0.933. The van der Waals surface area contributed by atoms with E-state index in [0.29, 0.717) is 11.0 Å². The molecule has 0 saturated heterocycles. The number of rotatable bonds is 7. The Labute approximate surface area is 130 Å². The summed E-state index contributed by atoms with van der Waals surface area (Å²) in [4.78, 5) is 0. The van der Waals surface area contributed by atoms with Gasteiger partial charge in [-0.2, -0.15) is 10.2 Å². The third-order valence-electron chi connectivity index (χ3n) is 2.58. The first-order chi connectivity index (χ1) is 9.08. The van der Waals surface area contributed by atoms with E-state index >= 15 is 0 Å². The summed E-state index contributed by atoms with van der Waals surface area (Å²) < 4.78 is 0. The summed E-state index contributed by atoms with van der Waals surface area (Å²) in [5, 5.41) is 16.1. The van der Waals surface area contributed by atoms with Gasteiger partial charge in [-0.15, -0.1) is 0 Å². The van der Waals surface area contributed by atoms with Gasteiger partial charge in [-0.25, -0.2) is 0 Å². The average molecular weight is 301 g/mol. The van der Waals surface area contributed by atoms with E-state index in [4.69, 9.17) is 12.2 Å². The largest absolute Gasteiger partial charge is 0.363 e. The highest BCUT2D eigenvalue weighted by Gasteiger charge is 2.26. The van der Waals surface area contributed by atoms with Crippen LogP contribution < -0.4 is 10.6 Å². The van der Waals surface area contributed by atoms with Crippen LogP contribution in [0.2, 0.25) is 0 Å². The normalized spacial score (nSPS) is 15.4. The molecule has 0 radical (unpaired) electrons. The fourth-order valence-electron chi connectivity index (χ4n) is 1.84. The summed E-state index contributed by atoms with van der Waals surface area (Å²) >= 11 is 5.35. The average Bonchev–Trinajstić information content (AvgIpc) is 2.25. The number of thiocarbonyl (C=S) groups is 1. The van der Waals surface area contributed by atoms with Crippen molar-refractivity contribution < 1.29 is 0 Å². The van der Waals surface area contributed by atoms with E-state index in [9.17, 15) is 0 Å². The van der Waals surface area contributed by atoms with Gasteiger partial charge in [0.15, 0.2) is 5.11 Å². The van der Waals surface area contributed by atoms with Gasteiger partial charge in [0.2, 0.25) is 0 Å². The van der Waals surface area contributed by atoms with Crippen LogP contribution >= 0.6 is 12.2 Å². The van der Waals surface area contributed by atoms with Gasteiger partial charge in [0, 0.05) is 6.54 Å². The third-order valence-corrected chi connectivity index (χ3v) is 2.82. The van der Waals surface area contributed by atoms with Crippen molar-refractivity contribution in [1.82, 2.24) is 10.6 Å². The van der Waals surface area contributed by atoms with Crippen LogP contribution in [0.3, 0.4) is 0 Å². The molecule has 118 valence electrons. The van der Waals surface area contributed by atoms with Gasteiger partial charge in [0.05, 0.1) is 5.54 Å². The van der Waals surface area contributed by atoms with Crippen molar-refractivity contribution in [3.63, 3.8) is 0 Å². The highest BCUT2D eigenvalue weighted by molar-refractivity contribution is 7.80. The monoisotopic (exact) mass is 300 g/mol. The molecule has 2 N–H and O–H groups in total. The lowest BCUT2D eigenvalue weighted by atomic mass is 10.00. The van der Waals surface area contributed by atoms with Crippen LogP contribution in [-0.2, 0) is 0 Å². The van der Waals surface area contributed by atoms with E-state index in [2.05, 4.69) is 48.6 Å². The zero-order valence-corrected chi connectivity index (χ0v) is 15.0. The molecular formula is C15H32N4S. The Kier molecular flexibility index (Phi) is 8.25. The van der Waals surface area contributed by atoms with E-state index in [1.807, 2.05) is 20.8 Å². The van der Waals surface area contributed by atoms with Crippen LogP contribution in [0, 0.1) is 5.92 Å². The minimum atomic E-state index is -0.447. The quantitative estimate of drug-likeness (QED) is 0.419. The Hall–Kier alpha value is -0.710. The predicted molar refractivity (Wildman–Crippen MR) is 91.1 cm³/mol. The Morgan fingerprint density at radius 1 is 1.15 bits per heavy atom. The highest BCUT2D eigenvalue weighted by Crippen LogP contribution is 2.21. The Morgan fingerprint density at radius 3 is 2.20 bits per heavy atom. The third kappa shape index (κ3) is 10.1. The number of azo groups is 1. The van der Waals surface area contributed by atoms with Gasteiger partial charge < -0.3 is 10.6 Å². The Morgan fingerprint density at radius 2 is 1.75 bits per heavy atom. The Balaban J connectivity index is 4.70. The molecule has 1 unspecified atom stereocenters. The molecule has 0 saturated carbocycles. The molecule has 5 heteroatoms. The van der Waals surface area contributed by atoms with E-state index < -0.39 is 5.66 Å². The molecule has 0 amide bonds. The fourth-order valence-corrected chi connectivity index (χ4v) is 2.16. The predicted octanol–water partition coefficient (Wildman–Crippen LogP) is 4.26. The molecule has 0 aliphatic rings. The van der Waals surface area contributed by atoms with Crippen molar-refractivity contribution in [2.75, 3.05) is 6.54 Å². The zero-order chi connectivity index (χ0) is 15.8. The Bertz CT molecular complexity index is 320. The standard InChI is InChI=1S/C15H32N4S/c1-8-9-10-16-13(20)17-15(7,11-12(2)3)19-18-14(4,5)6/h12H,8-11H2,1-7H3,(H2,16,17,20)/b19-18+. The summed E-state index contributed by atoms with van der Waals surface area (Å²) in [6, 6.07) is 0. The maximum Gasteiger partial charge on any atom is 0.168 e. The minimum absolute atomic E-state index is 0.169. The number of nitrogens with one attached hydrogen (secondary N) is 2. The van der Waals surface area contributed by atoms with Crippen LogP contribution in [0.4, 0.5) is 0 Å². The molecule has 0 spiro atoms. The van der Waals surface area contributed by atoms with Gasteiger partial charge in [0.1, 0.15) is 5.66 Å². The number of hydrogen-bond acceptors (Lipinski definition) is 3. The molecule has 0 aromatic heterocycles. The van der Waals surface area contributed by atoms with Crippen LogP contribution in [0.5, 0.6) is 0 Å². The van der Waals surface area contributed by atoms with Crippen molar-refractivity contribution >= 4 is 17.3 Å². The van der Waals surface area contributed by atoms with Crippen LogP contribution in [0.25, 0.3) is 0 Å². The van der Waals surface area contributed by atoms with Gasteiger partial charge in [0.25, 0.3) is 0 Å². The smallest absolute Gasteiger partial charge is 0.168 e. The topological polar surface area (TPSA) is 48.8 Å². The second-order valence-corrected chi connectivity index (χ2v) is 7.39. The van der Waals surface area contributed by atoms with Crippen molar-refractivity contribution in [1.29, 1.82) is 0 Å². The van der Waals surface area contributed by atoms with Crippen molar-refractivity contribution in [2.24, 2.45) is 16.1 Å². The van der Waals surface area contributed by atoms with Crippen molar-refractivity contribution in [3.8, 4) is 0 Å². The molecule has 0 rings (SSSR count). The minimum Gasteiger partial charge on any atom is -0.363 e. The molecule has 20 heavy (non-hydrogen) atoms. The molecule has 0 aromatic carbocycles. The molecule has 0 fully saturated rings. The lowest BCUT2D eigenvalue weighted by molar-refractivity contribution is 0.317. The summed E-state index contributed by atoms with van der Waals surface area (Å²) in [5.41, 5.74) is -0.616. The summed E-state index contributed by atoms with van der Waals surface area (Å²) in [7, 11) is 0. The second-order valence-electron chi connectivity index (χ2n) is 6.98. The van der Waals surface area contributed by atoms with Gasteiger partial charge in [-0.05, 0) is 58.7 Å². The van der Waals surface area contributed by atoms with Crippen molar-refractivity contribution in [2.45, 2.75) is 78.9 Å². The molecule has 0 heterocycles. The first-order valence-electron chi connectivity index (χ1n) is 7.58. The van der Waals surface area contributed by atoms with Gasteiger partial charge >= 0.3 is 0 Å². The van der Waals surface area contributed by atoms with Crippen LogP contribution in [0.1, 0.15) is 67.7 Å². The van der Waals surface area contributed by atoms with E-state index in [1.54, 1.807) is 0 Å². The molecule has 0 bridgehead atoms. The molecular weight excluding hydrogens is 268 g/mol. The zero-order valence-electron chi connectivity index (χ0n) is 14.2. The molecule has 0 aliphatic heterocycles. The maximum atomic E-state index is 5.35. The number of nitrogens with zero attached hydrogens (tertiary/aromatic N) is 2. The van der Waals surface area contributed by atoms with E-state index in [1.165, 1.54) is 0 Å². The summed E-state index contributed by atoms with van der Waals surface area (Å²) in [5.74, 6) is 0.518. The summed E-state index contributed by atoms with van der Waals surface area (Å²) in [6.07, 6.45) is 3.16. The van der Waals surface area contributed by atoms with Gasteiger partial charge in [-0.3, -0.25) is 0 Å². The summed E-state index contributed by atoms with van der Waals surface area (Å²) in [6.45, 7) is 15.6. The SMILES string of the molecule is CCCCNC(=S)NC(C)(CC(C)C)/N=N/C(C)(C)C.